The molecule has 1 atom stereocenters. The molecule has 380 valence electrons. The summed E-state index contributed by atoms with van der Waals surface area (Å²) in [5.41, 5.74) is 0. The van der Waals surface area contributed by atoms with Crippen LogP contribution in [0.25, 0.3) is 0 Å². The number of rotatable bonds is 51. The minimum atomic E-state index is -0.556. The van der Waals surface area contributed by atoms with E-state index in [1.165, 1.54) is 135 Å². The van der Waals surface area contributed by atoms with Gasteiger partial charge in [-0.1, -0.05) is 221 Å². The lowest BCUT2D eigenvalue weighted by Crippen LogP contribution is -2.30. The first-order chi connectivity index (χ1) is 32.6. The van der Waals surface area contributed by atoms with Crippen molar-refractivity contribution in [3.8, 4) is 0 Å². The van der Waals surface area contributed by atoms with Gasteiger partial charge in [0.1, 0.15) is 6.61 Å². The zero-order chi connectivity index (χ0) is 47.7. The summed E-state index contributed by atoms with van der Waals surface area (Å²) in [6.45, 7) is 7.64. The molecule has 0 radical (unpaired) electrons. The number of unbranched alkanes of at least 4 members (excludes halogenated alkanes) is 26. The van der Waals surface area contributed by atoms with Gasteiger partial charge in [-0.3, -0.25) is 9.59 Å². The van der Waals surface area contributed by atoms with Gasteiger partial charge >= 0.3 is 11.9 Å². The molecule has 0 aliphatic rings. The summed E-state index contributed by atoms with van der Waals surface area (Å²) in [6.07, 6.45) is 74.5. The van der Waals surface area contributed by atoms with Crippen molar-refractivity contribution in [3.05, 3.63) is 85.1 Å². The lowest BCUT2D eigenvalue weighted by Gasteiger charge is -2.18. The van der Waals surface area contributed by atoms with Crippen molar-refractivity contribution in [2.75, 3.05) is 19.8 Å². The number of carbonyl (C=O) groups excluding carboxylic acids is 2. The second-order valence-electron chi connectivity index (χ2n) is 18.4. The second kappa shape index (κ2) is 56.4. The number of esters is 2. The molecule has 0 aliphatic carbocycles. The Bertz CT molecular complexity index is 1220. The van der Waals surface area contributed by atoms with Crippen LogP contribution in [0.2, 0.25) is 0 Å². The summed E-state index contributed by atoms with van der Waals surface area (Å²) < 4.78 is 17.4. The van der Waals surface area contributed by atoms with E-state index in [4.69, 9.17) is 14.2 Å². The van der Waals surface area contributed by atoms with Crippen molar-refractivity contribution in [2.24, 2.45) is 0 Å². The Morgan fingerprint density at radius 3 is 1.09 bits per heavy atom. The van der Waals surface area contributed by atoms with Crippen molar-refractivity contribution in [1.82, 2.24) is 0 Å². The lowest BCUT2D eigenvalue weighted by atomic mass is 10.1. The van der Waals surface area contributed by atoms with E-state index in [9.17, 15) is 9.59 Å². The summed E-state index contributed by atoms with van der Waals surface area (Å²) in [4.78, 5) is 25.5. The predicted molar refractivity (Wildman–Crippen MR) is 288 cm³/mol. The fourth-order valence-electron chi connectivity index (χ4n) is 7.70. The molecule has 0 rings (SSSR count). The predicted octanol–water partition coefficient (Wildman–Crippen LogP) is 19.2. The number of hydrogen-bond donors (Lipinski definition) is 0. The number of hydrogen-bond acceptors (Lipinski definition) is 5. The molecule has 0 heterocycles. The van der Waals surface area contributed by atoms with Gasteiger partial charge in [0.15, 0.2) is 6.10 Å². The standard InChI is InChI=1S/C61H106O5/c1-4-7-10-13-16-19-22-25-28-30-31-32-34-36-39-42-45-48-51-54-60(62)65-58-59(57-64-56-53-50-47-44-41-38-35-29-26-23-20-17-14-11-8-5-2)66-61(63)55-52-49-46-43-40-37-33-27-24-21-18-15-12-9-6-3/h8,11,16-21,25-29,33,59H,4-7,9-10,12-15,22-24,30-32,34-58H2,1-3H3/b11-8-,19-16-,20-17-,21-18-,28-25-,29-26-,33-27-. The molecule has 0 saturated carbocycles. The second-order valence-corrected chi connectivity index (χ2v) is 18.4. The minimum Gasteiger partial charge on any atom is -0.462 e. The highest BCUT2D eigenvalue weighted by molar-refractivity contribution is 5.70. The van der Waals surface area contributed by atoms with E-state index in [1.54, 1.807) is 0 Å². The average molecular weight is 920 g/mol. The highest BCUT2D eigenvalue weighted by atomic mass is 16.6. The topological polar surface area (TPSA) is 61.8 Å². The van der Waals surface area contributed by atoms with Gasteiger partial charge < -0.3 is 14.2 Å². The van der Waals surface area contributed by atoms with Gasteiger partial charge in [-0.15, -0.1) is 0 Å². The molecule has 5 heteroatoms. The van der Waals surface area contributed by atoms with Crippen LogP contribution in [-0.4, -0.2) is 37.9 Å². The summed E-state index contributed by atoms with van der Waals surface area (Å²) >= 11 is 0. The molecule has 0 aliphatic heterocycles. The first-order valence-corrected chi connectivity index (χ1v) is 28.1. The van der Waals surface area contributed by atoms with Crippen molar-refractivity contribution in [1.29, 1.82) is 0 Å². The van der Waals surface area contributed by atoms with Gasteiger partial charge in [-0.2, -0.15) is 0 Å². The van der Waals surface area contributed by atoms with E-state index < -0.39 is 6.10 Å². The van der Waals surface area contributed by atoms with Gasteiger partial charge in [0.25, 0.3) is 0 Å². The summed E-state index contributed by atoms with van der Waals surface area (Å²) in [6, 6.07) is 0. The van der Waals surface area contributed by atoms with Crippen LogP contribution in [0.4, 0.5) is 0 Å². The largest absolute Gasteiger partial charge is 0.462 e. The van der Waals surface area contributed by atoms with Gasteiger partial charge in [-0.05, 0) is 116 Å². The van der Waals surface area contributed by atoms with Gasteiger partial charge in [0.05, 0.1) is 6.61 Å². The Morgan fingerprint density at radius 1 is 0.348 bits per heavy atom. The SMILES string of the molecule is CC/C=C\C/C=C\C/C=C\CCCCCCCCOCC(COC(=O)CCCCCCCCCCC/C=C\C/C=C\CCCCC)OC(=O)CCCCCCC/C=C\C/C=C\CCCCC. The third-order valence-corrected chi connectivity index (χ3v) is 11.9. The molecule has 0 spiro atoms. The molecular weight excluding hydrogens is 813 g/mol. The third-order valence-electron chi connectivity index (χ3n) is 11.9. The monoisotopic (exact) mass is 919 g/mol. The molecule has 0 fully saturated rings. The Hall–Kier alpha value is -2.92. The van der Waals surface area contributed by atoms with Crippen LogP contribution in [0.1, 0.15) is 265 Å². The summed E-state index contributed by atoms with van der Waals surface area (Å²) in [7, 11) is 0. The molecule has 0 bridgehead atoms. The molecule has 0 aromatic carbocycles. The van der Waals surface area contributed by atoms with Crippen molar-refractivity contribution in [3.63, 3.8) is 0 Å². The molecule has 0 aromatic rings. The maximum Gasteiger partial charge on any atom is 0.306 e. The Morgan fingerprint density at radius 2 is 0.682 bits per heavy atom. The van der Waals surface area contributed by atoms with Crippen LogP contribution in [0.3, 0.4) is 0 Å². The Kier molecular flexibility index (Phi) is 53.9. The first-order valence-electron chi connectivity index (χ1n) is 28.1. The average Bonchev–Trinajstić information content (AvgIpc) is 3.32. The van der Waals surface area contributed by atoms with Crippen LogP contribution >= 0.6 is 0 Å². The van der Waals surface area contributed by atoms with E-state index in [-0.39, 0.29) is 25.2 Å². The van der Waals surface area contributed by atoms with Crippen molar-refractivity contribution in [2.45, 2.75) is 271 Å². The third kappa shape index (κ3) is 53.7. The smallest absolute Gasteiger partial charge is 0.306 e. The van der Waals surface area contributed by atoms with Gasteiger partial charge in [0.2, 0.25) is 0 Å². The molecule has 1 unspecified atom stereocenters. The molecule has 5 nitrogen and oxygen atoms in total. The normalized spacial score (nSPS) is 12.8. The van der Waals surface area contributed by atoms with Gasteiger partial charge in [0, 0.05) is 19.4 Å². The molecule has 66 heavy (non-hydrogen) atoms. The highest BCUT2D eigenvalue weighted by Crippen LogP contribution is 2.14. The highest BCUT2D eigenvalue weighted by Gasteiger charge is 2.17. The lowest BCUT2D eigenvalue weighted by molar-refractivity contribution is -0.163. The van der Waals surface area contributed by atoms with Gasteiger partial charge in [-0.25, -0.2) is 0 Å². The maximum atomic E-state index is 12.8. The van der Waals surface area contributed by atoms with Crippen LogP contribution in [0, 0.1) is 0 Å². The van der Waals surface area contributed by atoms with Crippen LogP contribution < -0.4 is 0 Å². The van der Waals surface area contributed by atoms with Crippen molar-refractivity contribution >= 4 is 11.9 Å². The first kappa shape index (κ1) is 63.1. The van der Waals surface area contributed by atoms with Crippen LogP contribution in [0.15, 0.2) is 85.1 Å². The zero-order valence-electron chi connectivity index (χ0n) is 43.7. The fraction of sp³-hybridized carbons (Fsp3) is 0.738. The maximum absolute atomic E-state index is 12.8. The van der Waals surface area contributed by atoms with Crippen molar-refractivity contribution < 1.29 is 23.8 Å². The van der Waals surface area contributed by atoms with E-state index in [1.807, 2.05) is 0 Å². The van der Waals surface area contributed by atoms with Crippen LogP contribution in [-0.2, 0) is 23.8 Å². The van der Waals surface area contributed by atoms with E-state index in [0.29, 0.717) is 19.4 Å². The summed E-state index contributed by atoms with van der Waals surface area (Å²) in [5.74, 6) is -0.422. The van der Waals surface area contributed by atoms with E-state index >= 15 is 0 Å². The number of allylic oxidation sites excluding steroid dienone is 14. The number of carbonyl (C=O) groups is 2. The minimum absolute atomic E-state index is 0.0692. The molecule has 0 saturated heterocycles. The van der Waals surface area contributed by atoms with E-state index in [2.05, 4.69) is 106 Å². The number of ether oxygens (including phenoxy) is 3. The fourth-order valence-corrected chi connectivity index (χ4v) is 7.70. The Labute approximate surface area is 409 Å². The molecule has 0 amide bonds. The molecule has 0 N–H and O–H groups in total. The molecule has 0 aromatic heterocycles. The zero-order valence-corrected chi connectivity index (χ0v) is 43.7. The summed E-state index contributed by atoms with van der Waals surface area (Å²) in [5, 5.41) is 0. The molecular formula is C61H106O5. The quantitative estimate of drug-likeness (QED) is 0.0346. The van der Waals surface area contributed by atoms with E-state index in [0.717, 1.165) is 96.3 Å². The van der Waals surface area contributed by atoms with Crippen LogP contribution in [0.5, 0.6) is 0 Å². The Balaban J connectivity index is 4.31.